The van der Waals surface area contributed by atoms with E-state index in [-0.39, 0.29) is 17.4 Å². The summed E-state index contributed by atoms with van der Waals surface area (Å²) in [5, 5.41) is 3.28. The van der Waals surface area contributed by atoms with Crippen LogP contribution in [0.3, 0.4) is 0 Å². The molecule has 2 aromatic rings. The average molecular weight is 411 g/mol. The number of amides is 1. The summed E-state index contributed by atoms with van der Waals surface area (Å²) in [6.07, 6.45) is 0. The predicted octanol–water partition coefficient (Wildman–Crippen LogP) is 3.70. The number of aryl methyl sites for hydroxylation is 1. The van der Waals surface area contributed by atoms with Crippen molar-refractivity contribution in [1.29, 1.82) is 0 Å². The Labute approximate surface area is 165 Å². The van der Waals surface area contributed by atoms with Crippen molar-refractivity contribution in [3.63, 3.8) is 0 Å². The van der Waals surface area contributed by atoms with E-state index >= 15 is 0 Å². The fraction of sp³-hybridized carbons (Fsp3) is 0.316. The van der Waals surface area contributed by atoms with Crippen molar-refractivity contribution in [3.8, 4) is 5.75 Å². The van der Waals surface area contributed by atoms with Crippen LogP contribution < -0.4 is 10.1 Å². The first-order chi connectivity index (χ1) is 12.8. The molecule has 8 heteroatoms. The Hall–Kier alpha value is -2.09. The smallest absolute Gasteiger partial charge is 0.262 e. The SMILES string of the molecule is CCN(CC)S(=O)(=O)c1ccc(NC(=O)COc2ccc(Cl)cc2C)cc1. The zero-order chi connectivity index (χ0) is 20.0. The molecular formula is C19H23ClN2O4S. The lowest BCUT2D eigenvalue weighted by Crippen LogP contribution is -2.30. The molecule has 0 aliphatic rings. The van der Waals surface area contributed by atoms with Gasteiger partial charge in [-0.1, -0.05) is 25.4 Å². The molecule has 0 unspecified atom stereocenters. The second-order valence-electron chi connectivity index (χ2n) is 5.86. The second-order valence-corrected chi connectivity index (χ2v) is 8.23. The number of hydrogen-bond acceptors (Lipinski definition) is 4. The molecule has 27 heavy (non-hydrogen) atoms. The first-order valence-electron chi connectivity index (χ1n) is 8.57. The van der Waals surface area contributed by atoms with Gasteiger partial charge in [-0.15, -0.1) is 0 Å². The maximum Gasteiger partial charge on any atom is 0.262 e. The highest BCUT2D eigenvalue weighted by molar-refractivity contribution is 7.89. The Morgan fingerprint density at radius 3 is 2.30 bits per heavy atom. The van der Waals surface area contributed by atoms with E-state index in [0.29, 0.717) is 29.5 Å². The number of rotatable bonds is 8. The number of nitrogens with zero attached hydrogens (tertiary/aromatic N) is 1. The largest absolute Gasteiger partial charge is 0.483 e. The first-order valence-corrected chi connectivity index (χ1v) is 10.4. The number of carbonyl (C=O) groups excluding carboxylic acids is 1. The molecule has 0 bridgehead atoms. The van der Waals surface area contributed by atoms with Gasteiger partial charge in [-0.05, 0) is 55.0 Å². The third kappa shape index (κ3) is 5.45. The Bertz CT molecular complexity index is 894. The maximum atomic E-state index is 12.5. The minimum atomic E-state index is -3.52. The summed E-state index contributed by atoms with van der Waals surface area (Å²) in [6.45, 7) is 6.06. The van der Waals surface area contributed by atoms with Crippen LogP contribution in [-0.2, 0) is 14.8 Å². The quantitative estimate of drug-likeness (QED) is 0.720. The van der Waals surface area contributed by atoms with Crippen LogP contribution in [0.4, 0.5) is 5.69 Å². The van der Waals surface area contributed by atoms with Gasteiger partial charge < -0.3 is 10.1 Å². The van der Waals surface area contributed by atoms with E-state index < -0.39 is 10.0 Å². The summed E-state index contributed by atoms with van der Waals surface area (Å²) in [6, 6.07) is 11.2. The Morgan fingerprint density at radius 1 is 1.11 bits per heavy atom. The van der Waals surface area contributed by atoms with E-state index in [2.05, 4.69) is 5.32 Å². The van der Waals surface area contributed by atoms with Crippen LogP contribution in [-0.4, -0.2) is 38.3 Å². The number of anilines is 1. The van der Waals surface area contributed by atoms with E-state index in [9.17, 15) is 13.2 Å². The van der Waals surface area contributed by atoms with Crippen molar-refractivity contribution in [3.05, 3.63) is 53.1 Å². The number of ether oxygens (including phenoxy) is 1. The number of benzene rings is 2. The molecule has 6 nitrogen and oxygen atoms in total. The molecule has 0 aliphatic heterocycles. The second kappa shape index (κ2) is 9.21. The van der Waals surface area contributed by atoms with Crippen molar-refractivity contribution in [1.82, 2.24) is 4.31 Å². The highest BCUT2D eigenvalue weighted by Crippen LogP contribution is 2.22. The van der Waals surface area contributed by atoms with Crippen LogP contribution in [0.15, 0.2) is 47.4 Å². The number of nitrogens with one attached hydrogen (secondary N) is 1. The van der Waals surface area contributed by atoms with Gasteiger partial charge in [0.15, 0.2) is 6.61 Å². The van der Waals surface area contributed by atoms with Crippen LogP contribution in [0.25, 0.3) is 0 Å². The van der Waals surface area contributed by atoms with Crippen molar-refractivity contribution < 1.29 is 17.9 Å². The Kier molecular flexibility index (Phi) is 7.24. The lowest BCUT2D eigenvalue weighted by molar-refractivity contribution is -0.118. The van der Waals surface area contributed by atoms with Crippen LogP contribution in [0.5, 0.6) is 5.75 Å². The third-order valence-electron chi connectivity index (χ3n) is 3.98. The molecule has 0 spiro atoms. The van der Waals surface area contributed by atoms with Gasteiger partial charge in [0.05, 0.1) is 4.90 Å². The molecule has 2 rings (SSSR count). The fourth-order valence-corrected chi connectivity index (χ4v) is 4.22. The van der Waals surface area contributed by atoms with Gasteiger partial charge in [-0.3, -0.25) is 4.79 Å². The molecular weight excluding hydrogens is 388 g/mol. The Morgan fingerprint density at radius 2 is 1.74 bits per heavy atom. The Balaban J connectivity index is 1.98. The highest BCUT2D eigenvalue weighted by Gasteiger charge is 2.21. The summed E-state index contributed by atoms with van der Waals surface area (Å²) in [7, 11) is -3.52. The lowest BCUT2D eigenvalue weighted by Gasteiger charge is -2.18. The molecule has 0 heterocycles. The topological polar surface area (TPSA) is 75.7 Å². The predicted molar refractivity (Wildman–Crippen MR) is 107 cm³/mol. The number of hydrogen-bond donors (Lipinski definition) is 1. The standard InChI is InChI=1S/C19H23ClN2O4S/c1-4-22(5-2)27(24,25)17-9-7-16(8-10-17)21-19(23)13-26-18-11-6-15(20)12-14(18)3/h6-12H,4-5,13H2,1-3H3,(H,21,23). The van der Waals surface area contributed by atoms with Crippen LogP contribution in [0.1, 0.15) is 19.4 Å². The van der Waals surface area contributed by atoms with E-state index in [1.807, 2.05) is 6.92 Å². The van der Waals surface area contributed by atoms with E-state index in [0.717, 1.165) is 5.56 Å². The number of halogens is 1. The van der Waals surface area contributed by atoms with Crippen LogP contribution in [0.2, 0.25) is 5.02 Å². The first kappa shape index (κ1) is 21.2. The van der Waals surface area contributed by atoms with Gasteiger partial charge >= 0.3 is 0 Å². The van der Waals surface area contributed by atoms with E-state index in [4.69, 9.17) is 16.3 Å². The molecule has 0 aromatic heterocycles. The summed E-state index contributed by atoms with van der Waals surface area (Å²) in [4.78, 5) is 12.2. The van der Waals surface area contributed by atoms with E-state index in [1.165, 1.54) is 16.4 Å². The molecule has 0 aliphatic carbocycles. The highest BCUT2D eigenvalue weighted by atomic mass is 35.5. The monoisotopic (exact) mass is 410 g/mol. The van der Waals surface area contributed by atoms with Gasteiger partial charge in [0.1, 0.15) is 5.75 Å². The van der Waals surface area contributed by atoms with Crippen molar-refractivity contribution in [2.24, 2.45) is 0 Å². The van der Waals surface area contributed by atoms with Crippen molar-refractivity contribution >= 4 is 33.2 Å². The summed E-state index contributed by atoms with van der Waals surface area (Å²) in [5.41, 5.74) is 1.33. The summed E-state index contributed by atoms with van der Waals surface area (Å²) < 4.78 is 31.8. The molecule has 0 atom stereocenters. The summed E-state index contributed by atoms with van der Waals surface area (Å²) >= 11 is 5.89. The molecule has 2 aromatic carbocycles. The summed E-state index contributed by atoms with van der Waals surface area (Å²) in [5.74, 6) is 0.235. The molecule has 0 saturated heterocycles. The minimum Gasteiger partial charge on any atom is -0.483 e. The maximum absolute atomic E-state index is 12.5. The molecule has 0 saturated carbocycles. The van der Waals surface area contributed by atoms with Crippen molar-refractivity contribution in [2.45, 2.75) is 25.7 Å². The van der Waals surface area contributed by atoms with Gasteiger partial charge in [0, 0.05) is 23.8 Å². The fourth-order valence-electron chi connectivity index (χ4n) is 2.54. The van der Waals surface area contributed by atoms with Crippen LogP contribution >= 0.6 is 11.6 Å². The minimum absolute atomic E-state index is 0.165. The molecule has 1 amide bonds. The van der Waals surface area contributed by atoms with Crippen LogP contribution in [0, 0.1) is 6.92 Å². The zero-order valence-electron chi connectivity index (χ0n) is 15.5. The normalized spacial score (nSPS) is 11.4. The van der Waals surface area contributed by atoms with Crippen molar-refractivity contribution in [2.75, 3.05) is 25.0 Å². The van der Waals surface area contributed by atoms with E-state index in [1.54, 1.807) is 44.2 Å². The molecule has 0 fully saturated rings. The lowest BCUT2D eigenvalue weighted by atomic mass is 10.2. The van der Waals surface area contributed by atoms with Gasteiger partial charge in [0.25, 0.3) is 5.91 Å². The molecule has 146 valence electrons. The molecule has 0 radical (unpaired) electrons. The third-order valence-corrected chi connectivity index (χ3v) is 6.28. The van der Waals surface area contributed by atoms with Gasteiger partial charge in [-0.25, -0.2) is 8.42 Å². The van der Waals surface area contributed by atoms with Gasteiger partial charge in [-0.2, -0.15) is 4.31 Å². The number of sulfonamides is 1. The zero-order valence-corrected chi connectivity index (χ0v) is 17.1. The number of carbonyl (C=O) groups is 1. The molecule has 1 N–H and O–H groups in total. The average Bonchev–Trinajstić information content (AvgIpc) is 2.62. The van der Waals surface area contributed by atoms with Gasteiger partial charge in [0.2, 0.25) is 10.0 Å².